The minimum Gasteiger partial charge on any atom is -0.395 e. The number of nitrogens with zero attached hydrogens (tertiary/aromatic N) is 3. The van der Waals surface area contributed by atoms with Gasteiger partial charge in [-0.25, -0.2) is 9.97 Å². The first kappa shape index (κ1) is 10.9. The van der Waals surface area contributed by atoms with Gasteiger partial charge in [0, 0.05) is 25.8 Å². The molecule has 0 atom stereocenters. The second-order valence-corrected chi connectivity index (χ2v) is 3.15. The predicted molar refractivity (Wildman–Crippen MR) is 55.0 cm³/mol. The molecule has 5 heteroatoms. The molecule has 0 aliphatic heterocycles. The zero-order valence-corrected chi connectivity index (χ0v) is 8.56. The summed E-state index contributed by atoms with van der Waals surface area (Å²) in [5.41, 5.74) is 7.21. The lowest BCUT2D eigenvalue weighted by molar-refractivity contribution is 0.303. The zero-order chi connectivity index (χ0) is 10.6. The molecule has 1 rings (SSSR count). The number of aryl methyl sites for hydroxylation is 1. The highest BCUT2D eigenvalue weighted by atomic mass is 16.3. The first-order valence-corrected chi connectivity index (χ1v) is 4.54. The van der Waals surface area contributed by atoms with Gasteiger partial charge in [-0.05, 0) is 13.0 Å². The highest BCUT2D eigenvalue weighted by Gasteiger charge is 2.05. The van der Waals surface area contributed by atoms with Crippen molar-refractivity contribution in [1.82, 2.24) is 9.97 Å². The molecule has 1 heterocycles. The quantitative estimate of drug-likeness (QED) is 0.690. The molecule has 0 fully saturated rings. The van der Waals surface area contributed by atoms with Crippen LogP contribution < -0.4 is 10.6 Å². The Kier molecular flexibility index (Phi) is 3.79. The Morgan fingerprint density at radius 1 is 1.50 bits per heavy atom. The number of nitrogens with two attached hydrogens (primary N) is 1. The highest BCUT2D eigenvalue weighted by Crippen LogP contribution is 2.07. The summed E-state index contributed by atoms with van der Waals surface area (Å²) in [6, 6.07) is 1.86. The van der Waals surface area contributed by atoms with Crippen molar-refractivity contribution in [3.8, 4) is 0 Å². The third-order valence-corrected chi connectivity index (χ3v) is 1.88. The molecule has 0 bridgehead atoms. The lowest BCUT2D eigenvalue weighted by Gasteiger charge is -2.16. The van der Waals surface area contributed by atoms with Crippen LogP contribution in [0.3, 0.4) is 0 Å². The summed E-state index contributed by atoms with van der Waals surface area (Å²) >= 11 is 0. The first-order chi connectivity index (χ1) is 6.67. The molecule has 0 aromatic carbocycles. The normalized spacial score (nSPS) is 10.3. The van der Waals surface area contributed by atoms with Crippen LogP contribution in [0.4, 0.5) is 5.95 Å². The molecule has 0 unspecified atom stereocenters. The van der Waals surface area contributed by atoms with E-state index in [-0.39, 0.29) is 6.61 Å². The third kappa shape index (κ3) is 2.65. The van der Waals surface area contributed by atoms with Gasteiger partial charge in [-0.15, -0.1) is 0 Å². The number of aromatic nitrogens is 2. The van der Waals surface area contributed by atoms with E-state index in [1.54, 1.807) is 4.90 Å². The van der Waals surface area contributed by atoms with Crippen molar-refractivity contribution in [3.63, 3.8) is 0 Å². The van der Waals surface area contributed by atoms with Crippen molar-refractivity contribution in [2.45, 2.75) is 13.5 Å². The molecule has 0 aliphatic rings. The molecule has 14 heavy (non-hydrogen) atoms. The topological polar surface area (TPSA) is 75.3 Å². The minimum atomic E-state index is 0.0890. The monoisotopic (exact) mass is 196 g/mol. The van der Waals surface area contributed by atoms with Gasteiger partial charge in [0.15, 0.2) is 0 Å². The van der Waals surface area contributed by atoms with Gasteiger partial charge in [-0.2, -0.15) is 0 Å². The summed E-state index contributed by atoms with van der Waals surface area (Å²) in [6.45, 7) is 2.92. The van der Waals surface area contributed by atoms with Gasteiger partial charge in [-0.3, -0.25) is 0 Å². The Morgan fingerprint density at radius 3 is 2.79 bits per heavy atom. The molecule has 0 saturated heterocycles. The van der Waals surface area contributed by atoms with Crippen molar-refractivity contribution in [2.24, 2.45) is 5.73 Å². The van der Waals surface area contributed by atoms with E-state index in [4.69, 9.17) is 10.8 Å². The van der Waals surface area contributed by atoms with Gasteiger partial charge in [-0.1, -0.05) is 0 Å². The molecule has 0 radical (unpaired) electrons. The van der Waals surface area contributed by atoms with Crippen LogP contribution in [0.25, 0.3) is 0 Å². The summed E-state index contributed by atoms with van der Waals surface area (Å²) in [5.74, 6) is 0.611. The molecule has 0 aliphatic carbocycles. The molecule has 5 nitrogen and oxygen atoms in total. The van der Waals surface area contributed by atoms with E-state index < -0.39 is 0 Å². The van der Waals surface area contributed by atoms with Crippen LogP contribution in [0.15, 0.2) is 6.07 Å². The molecule has 0 spiro atoms. The Hall–Kier alpha value is -1.20. The fourth-order valence-electron chi connectivity index (χ4n) is 1.14. The van der Waals surface area contributed by atoms with Crippen LogP contribution in [0, 0.1) is 6.92 Å². The molecular formula is C9H16N4O. The largest absolute Gasteiger partial charge is 0.395 e. The number of rotatable bonds is 4. The number of likely N-dealkylation sites (N-methyl/N-ethyl adjacent to an activating group) is 1. The van der Waals surface area contributed by atoms with Crippen molar-refractivity contribution in [3.05, 3.63) is 17.5 Å². The Balaban J connectivity index is 2.90. The number of hydrogen-bond acceptors (Lipinski definition) is 5. The number of aliphatic hydroxyl groups excluding tert-OH is 1. The van der Waals surface area contributed by atoms with E-state index in [0.29, 0.717) is 19.0 Å². The van der Waals surface area contributed by atoms with Crippen molar-refractivity contribution >= 4 is 5.95 Å². The summed E-state index contributed by atoms with van der Waals surface area (Å²) in [7, 11) is 1.84. The molecule has 1 aromatic heterocycles. The van der Waals surface area contributed by atoms with Gasteiger partial charge in [0.05, 0.1) is 12.3 Å². The Morgan fingerprint density at radius 2 is 2.21 bits per heavy atom. The summed E-state index contributed by atoms with van der Waals surface area (Å²) in [6.07, 6.45) is 0. The minimum absolute atomic E-state index is 0.0890. The van der Waals surface area contributed by atoms with Crippen molar-refractivity contribution in [2.75, 3.05) is 25.1 Å². The SMILES string of the molecule is Cc1cc(CN)nc(N(C)CCO)n1. The fraction of sp³-hybridized carbons (Fsp3) is 0.556. The van der Waals surface area contributed by atoms with Gasteiger partial charge in [0.2, 0.25) is 5.95 Å². The van der Waals surface area contributed by atoms with E-state index in [0.717, 1.165) is 11.4 Å². The first-order valence-electron chi connectivity index (χ1n) is 4.54. The summed E-state index contributed by atoms with van der Waals surface area (Å²) in [4.78, 5) is 10.3. The predicted octanol–water partition coefficient (Wildman–Crippen LogP) is -0.328. The maximum Gasteiger partial charge on any atom is 0.225 e. The van der Waals surface area contributed by atoms with E-state index in [1.165, 1.54) is 0 Å². The van der Waals surface area contributed by atoms with Crippen LogP contribution in [0.5, 0.6) is 0 Å². The molecule has 0 saturated carbocycles. The lowest BCUT2D eigenvalue weighted by Crippen LogP contribution is -2.24. The Bertz CT molecular complexity index is 303. The standard InChI is InChI=1S/C9H16N4O/c1-7-5-8(6-10)12-9(11-7)13(2)3-4-14/h5,14H,3-4,6,10H2,1-2H3. The fourth-order valence-corrected chi connectivity index (χ4v) is 1.14. The van der Waals surface area contributed by atoms with Crippen molar-refractivity contribution in [1.29, 1.82) is 0 Å². The van der Waals surface area contributed by atoms with Crippen LogP contribution in [0.2, 0.25) is 0 Å². The molecule has 78 valence electrons. The lowest BCUT2D eigenvalue weighted by atomic mass is 10.3. The van der Waals surface area contributed by atoms with Crippen LogP contribution in [-0.2, 0) is 6.54 Å². The summed E-state index contributed by atoms with van der Waals surface area (Å²) < 4.78 is 0. The van der Waals surface area contributed by atoms with Gasteiger partial charge in [0.25, 0.3) is 0 Å². The van der Waals surface area contributed by atoms with Crippen LogP contribution >= 0.6 is 0 Å². The number of anilines is 1. The molecule has 1 aromatic rings. The van der Waals surface area contributed by atoms with E-state index >= 15 is 0 Å². The zero-order valence-electron chi connectivity index (χ0n) is 8.56. The Labute approximate surface area is 83.6 Å². The average molecular weight is 196 g/mol. The van der Waals surface area contributed by atoms with E-state index in [9.17, 15) is 0 Å². The second kappa shape index (κ2) is 4.88. The second-order valence-electron chi connectivity index (χ2n) is 3.15. The van der Waals surface area contributed by atoms with Gasteiger partial charge < -0.3 is 15.7 Å². The molecule has 0 amide bonds. The molecular weight excluding hydrogens is 180 g/mol. The van der Waals surface area contributed by atoms with Crippen LogP contribution in [-0.4, -0.2) is 35.3 Å². The van der Waals surface area contributed by atoms with E-state index in [2.05, 4.69) is 9.97 Å². The average Bonchev–Trinajstić information content (AvgIpc) is 2.17. The smallest absolute Gasteiger partial charge is 0.225 e. The van der Waals surface area contributed by atoms with Crippen LogP contribution in [0.1, 0.15) is 11.4 Å². The number of hydrogen-bond donors (Lipinski definition) is 2. The number of aliphatic hydroxyl groups is 1. The molecule has 3 N–H and O–H groups in total. The highest BCUT2D eigenvalue weighted by molar-refractivity contribution is 5.30. The summed E-state index contributed by atoms with van der Waals surface area (Å²) in [5, 5.41) is 8.77. The third-order valence-electron chi connectivity index (χ3n) is 1.88. The maximum absolute atomic E-state index is 8.77. The van der Waals surface area contributed by atoms with Gasteiger partial charge >= 0.3 is 0 Å². The van der Waals surface area contributed by atoms with Gasteiger partial charge in [0.1, 0.15) is 0 Å². The van der Waals surface area contributed by atoms with Crippen molar-refractivity contribution < 1.29 is 5.11 Å². The maximum atomic E-state index is 8.77. The van der Waals surface area contributed by atoms with E-state index in [1.807, 2.05) is 20.0 Å².